The highest BCUT2D eigenvalue weighted by molar-refractivity contribution is 5.89. The van der Waals surface area contributed by atoms with Gasteiger partial charge in [0, 0.05) is 12.6 Å². The molecule has 0 atom stereocenters. The van der Waals surface area contributed by atoms with Gasteiger partial charge in [0.05, 0.1) is 22.1 Å². The summed E-state index contributed by atoms with van der Waals surface area (Å²) < 4.78 is 45.6. The quantitative estimate of drug-likeness (QED) is 0.411. The average Bonchev–Trinajstić information content (AvgIpc) is 3.13. The normalized spacial score (nSPS) is 12.1. The zero-order valence-electron chi connectivity index (χ0n) is 16.1. The van der Waals surface area contributed by atoms with E-state index in [-0.39, 0.29) is 23.5 Å². The first-order valence-electron chi connectivity index (χ1n) is 9.64. The molecule has 0 unspecified atom stereocenters. The molecule has 0 amide bonds. The van der Waals surface area contributed by atoms with Crippen molar-refractivity contribution in [1.82, 2.24) is 14.0 Å². The smallest absolute Gasteiger partial charge is 0.406 e. The first-order chi connectivity index (χ1) is 14.9. The molecule has 2 heterocycles. The lowest BCUT2D eigenvalue weighted by molar-refractivity contribution is -0.274. The van der Waals surface area contributed by atoms with Crippen molar-refractivity contribution in [2.24, 2.45) is 0 Å². The molecule has 2 aromatic heterocycles. The number of alkyl halides is 3. The van der Waals surface area contributed by atoms with Crippen LogP contribution in [0.15, 0.2) is 77.6 Å². The van der Waals surface area contributed by atoms with Crippen molar-refractivity contribution < 1.29 is 17.9 Å². The van der Waals surface area contributed by atoms with Crippen molar-refractivity contribution in [2.75, 3.05) is 0 Å². The fourth-order valence-corrected chi connectivity index (χ4v) is 3.86. The predicted molar refractivity (Wildman–Crippen MR) is 111 cm³/mol. The third-order valence-corrected chi connectivity index (χ3v) is 5.18. The molecular formula is C23H16F3N3O2. The highest BCUT2D eigenvalue weighted by Crippen LogP contribution is 2.28. The zero-order chi connectivity index (χ0) is 21.6. The molecule has 0 bridgehead atoms. The molecule has 0 radical (unpaired) electrons. The summed E-state index contributed by atoms with van der Waals surface area (Å²) in [5, 5.41) is 0. The number of halogens is 3. The SMILES string of the molecule is O=c1c2nc3ccccc3n2c2ccc(OC(F)(F)F)cc2n1CCc1ccccc1. The molecule has 0 fully saturated rings. The Morgan fingerprint density at radius 3 is 2.39 bits per heavy atom. The Labute approximate surface area is 173 Å². The van der Waals surface area contributed by atoms with Gasteiger partial charge in [-0.25, -0.2) is 4.98 Å². The van der Waals surface area contributed by atoms with Crippen LogP contribution in [-0.4, -0.2) is 20.3 Å². The molecule has 0 N–H and O–H groups in total. The largest absolute Gasteiger partial charge is 0.573 e. The Bertz CT molecular complexity index is 1470. The Balaban J connectivity index is 1.76. The third kappa shape index (κ3) is 3.50. The van der Waals surface area contributed by atoms with Crippen LogP contribution in [0.1, 0.15) is 5.56 Å². The molecular weight excluding hydrogens is 407 g/mol. The lowest BCUT2D eigenvalue weighted by Gasteiger charge is -2.15. The van der Waals surface area contributed by atoms with E-state index in [9.17, 15) is 18.0 Å². The molecule has 5 nitrogen and oxygen atoms in total. The maximum absolute atomic E-state index is 13.3. The van der Waals surface area contributed by atoms with Crippen molar-refractivity contribution in [3.05, 3.63) is 88.7 Å². The van der Waals surface area contributed by atoms with E-state index in [1.165, 1.54) is 22.8 Å². The van der Waals surface area contributed by atoms with E-state index in [1.807, 2.05) is 48.5 Å². The lowest BCUT2D eigenvalue weighted by Crippen LogP contribution is -2.24. The number of ether oxygens (including phenoxy) is 1. The summed E-state index contributed by atoms with van der Waals surface area (Å²) in [5.74, 6) is -0.378. The van der Waals surface area contributed by atoms with Gasteiger partial charge in [0.1, 0.15) is 5.75 Å². The number of rotatable bonds is 4. The highest BCUT2D eigenvalue weighted by Gasteiger charge is 2.31. The van der Waals surface area contributed by atoms with Gasteiger partial charge in [-0.3, -0.25) is 9.20 Å². The summed E-state index contributed by atoms with van der Waals surface area (Å²) in [5.41, 5.74) is 3.13. The second kappa shape index (κ2) is 7.16. The van der Waals surface area contributed by atoms with Crippen molar-refractivity contribution in [3.8, 4) is 5.75 Å². The number of para-hydroxylation sites is 2. The number of fused-ring (bicyclic) bond motifs is 5. The standard InChI is InChI=1S/C23H16F3N3O2/c24-23(25,26)31-16-10-11-19-20(14-16)28(13-12-15-6-2-1-3-7-15)22(30)21-27-17-8-4-5-9-18(17)29(19)21/h1-11,14H,12-13H2. The van der Waals surface area contributed by atoms with E-state index >= 15 is 0 Å². The van der Waals surface area contributed by atoms with E-state index < -0.39 is 6.36 Å². The molecule has 0 aliphatic heterocycles. The number of aromatic nitrogens is 3. The fourth-order valence-electron chi connectivity index (χ4n) is 3.86. The van der Waals surface area contributed by atoms with Crippen LogP contribution < -0.4 is 10.3 Å². The van der Waals surface area contributed by atoms with Crippen LogP contribution in [0.5, 0.6) is 5.75 Å². The highest BCUT2D eigenvalue weighted by atomic mass is 19.4. The molecule has 8 heteroatoms. The van der Waals surface area contributed by atoms with E-state index in [0.717, 1.165) is 5.56 Å². The van der Waals surface area contributed by atoms with E-state index in [4.69, 9.17) is 0 Å². The van der Waals surface area contributed by atoms with Crippen LogP contribution >= 0.6 is 0 Å². The molecule has 0 saturated carbocycles. The van der Waals surface area contributed by atoms with E-state index in [0.29, 0.717) is 28.5 Å². The van der Waals surface area contributed by atoms with Crippen LogP contribution in [0.4, 0.5) is 13.2 Å². The first kappa shape index (κ1) is 19.2. The predicted octanol–water partition coefficient (Wildman–Crippen LogP) is 4.94. The molecule has 0 saturated heterocycles. The van der Waals surface area contributed by atoms with Crippen LogP contribution in [-0.2, 0) is 13.0 Å². The van der Waals surface area contributed by atoms with Crippen LogP contribution in [0.2, 0.25) is 0 Å². The molecule has 0 spiro atoms. The third-order valence-electron chi connectivity index (χ3n) is 5.18. The number of aryl methyl sites for hydroxylation is 2. The lowest BCUT2D eigenvalue weighted by atomic mass is 10.1. The van der Waals surface area contributed by atoms with Gasteiger partial charge in [-0.1, -0.05) is 42.5 Å². The minimum absolute atomic E-state index is 0.228. The Hall–Kier alpha value is -3.81. The van der Waals surface area contributed by atoms with Crippen LogP contribution in [0.25, 0.3) is 27.7 Å². The van der Waals surface area contributed by atoms with E-state index in [1.54, 1.807) is 10.5 Å². The van der Waals surface area contributed by atoms with Gasteiger partial charge in [-0.15, -0.1) is 13.2 Å². The Morgan fingerprint density at radius 1 is 0.871 bits per heavy atom. The minimum Gasteiger partial charge on any atom is -0.406 e. The Kier molecular flexibility index (Phi) is 4.43. The summed E-state index contributed by atoms with van der Waals surface area (Å²) >= 11 is 0. The minimum atomic E-state index is -4.82. The van der Waals surface area contributed by atoms with Crippen LogP contribution in [0.3, 0.4) is 0 Å². The molecule has 156 valence electrons. The average molecular weight is 423 g/mol. The van der Waals surface area contributed by atoms with Gasteiger partial charge in [-0.2, -0.15) is 0 Å². The second-order valence-corrected chi connectivity index (χ2v) is 7.15. The molecule has 0 aliphatic rings. The molecule has 0 aliphatic carbocycles. The van der Waals surface area contributed by atoms with Gasteiger partial charge in [0.25, 0.3) is 5.56 Å². The second-order valence-electron chi connectivity index (χ2n) is 7.15. The van der Waals surface area contributed by atoms with Gasteiger partial charge in [-0.05, 0) is 36.2 Å². The summed E-state index contributed by atoms with van der Waals surface area (Å²) in [4.78, 5) is 17.8. The summed E-state index contributed by atoms with van der Waals surface area (Å²) in [6.07, 6.45) is -4.29. The molecule has 3 aromatic carbocycles. The molecule has 5 rings (SSSR count). The first-order valence-corrected chi connectivity index (χ1v) is 9.64. The Morgan fingerprint density at radius 2 is 1.61 bits per heavy atom. The number of imidazole rings is 1. The van der Waals surface area contributed by atoms with Gasteiger partial charge >= 0.3 is 6.36 Å². The van der Waals surface area contributed by atoms with Crippen molar-refractivity contribution in [1.29, 1.82) is 0 Å². The molecule has 5 aromatic rings. The number of hydrogen-bond acceptors (Lipinski definition) is 3. The maximum atomic E-state index is 13.3. The summed E-state index contributed by atoms with van der Waals surface area (Å²) in [6, 6.07) is 20.9. The number of benzene rings is 3. The summed E-state index contributed by atoms with van der Waals surface area (Å²) in [7, 11) is 0. The zero-order valence-corrected chi connectivity index (χ0v) is 16.1. The van der Waals surface area contributed by atoms with Gasteiger partial charge < -0.3 is 9.30 Å². The van der Waals surface area contributed by atoms with Crippen LogP contribution in [0, 0.1) is 0 Å². The number of hydrogen-bond donors (Lipinski definition) is 0. The molecule has 31 heavy (non-hydrogen) atoms. The van der Waals surface area contributed by atoms with Crippen molar-refractivity contribution >= 4 is 27.7 Å². The van der Waals surface area contributed by atoms with E-state index in [2.05, 4.69) is 9.72 Å². The van der Waals surface area contributed by atoms with Gasteiger partial charge in [0.15, 0.2) is 0 Å². The van der Waals surface area contributed by atoms with Crippen molar-refractivity contribution in [3.63, 3.8) is 0 Å². The topological polar surface area (TPSA) is 48.5 Å². The number of nitrogens with zero attached hydrogens (tertiary/aromatic N) is 3. The summed E-state index contributed by atoms with van der Waals surface area (Å²) in [6.45, 7) is 0.286. The van der Waals surface area contributed by atoms with Crippen molar-refractivity contribution in [2.45, 2.75) is 19.3 Å². The van der Waals surface area contributed by atoms with Gasteiger partial charge in [0.2, 0.25) is 5.65 Å². The maximum Gasteiger partial charge on any atom is 0.573 e. The fraction of sp³-hybridized carbons (Fsp3) is 0.130. The monoisotopic (exact) mass is 423 g/mol.